The van der Waals surface area contributed by atoms with Crippen molar-refractivity contribution in [1.82, 2.24) is 10.2 Å². The van der Waals surface area contributed by atoms with E-state index in [1.807, 2.05) is 7.05 Å². The Morgan fingerprint density at radius 3 is 2.44 bits per heavy atom. The molecule has 16 heavy (non-hydrogen) atoms. The van der Waals surface area contributed by atoms with Crippen molar-refractivity contribution in [3.63, 3.8) is 0 Å². The van der Waals surface area contributed by atoms with E-state index in [-0.39, 0.29) is 0 Å². The van der Waals surface area contributed by atoms with E-state index in [0.717, 1.165) is 13.1 Å². The highest BCUT2D eigenvalue weighted by Gasteiger charge is 2.10. The monoisotopic (exact) mass is 220 g/mol. The molecule has 0 aliphatic rings. The van der Waals surface area contributed by atoms with Gasteiger partial charge in [0.05, 0.1) is 0 Å². The summed E-state index contributed by atoms with van der Waals surface area (Å²) in [5.74, 6) is 0. The number of hydrogen-bond donors (Lipinski definition) is 1. The molecule has 0 saturated carbocycles. The van der Waals surface area contributed by atoms with E-state index in [4.69, 9.17) is 0 Å². The molecule has 0 heterocycles. The first-order valence-electron chi connectivity index (χ1n) is 6.06. The molecule has 1 aromatic rings. The second kappa shape index (κ2) is 6.66. The largest absolute Gasteiger partial charge is 0.320 e. The van der Waals surface area contributed by atoms with Crippen LogP contribution in [0.25, 0.3) is 0 Å². The van der Waals surface area contributed by atoms with Gasteiger partial charge in [-0.05, 0) is 53.0 Å². The fourth-order valence-corrected chi connectivity index (χ4v) is 1.80. The van der Waals surface area contributed by atoms with Crippen molar-refractivity contribution in [2.45, 2.75) is 26.3 Å². The zero-order valence-electron chi connectivity index (χ0n) is 11.0. The van der Waals surface area contributed by atoms with Crippen molar-refractivity contribution in [3.05, 3.63) is 35.4 Å². The number of nitrogens with zero attached hydrogens (tertiary/aromatic N) is 1. The van der Waals surface area contributed by atoms with Crippen LogP contribution >= 0.6 is 0 Å². The quantitative estimate of drug-likeness (QED) is 0.741. The van der Waals surface area contributed by atoms with Gasteiger partial charge in [-0.15, -0.1) is 0 Å². The molecule has 1 N–H and O–H groups in total. The highest BCUT2D eigenvalue weighted by molar-refractivity contribution is 5.23. The summed E-state index contributed by atoms with van der Waals surface area (Å²) in [4.78, 5) is 2.40. The second-order valence-corrected chi connectivity index (χ2v) is 4.52. The van der Waals surface area contributed by atoms with Crippen LogP contribution < -0.4 is 5.32 Å². The van der Waals surface area contributed by atoms with Crippen LogP contribution in [0, 0.1) is 6.92 Å². The van der Waals surface area contributed by atoms with Crippen molar-refractivity contribution >= 4 is 0 Å². The highest BCUT2D eigenvalue weighted by atomic mass is 15.1. The smallest absolute Gasteiger partial charge is 0.0316 e. The molecule has 0 fully saturated rings. The zero-order valence-corrected chi connectivity index (χ0v) is 11.0. The van der Waals surface area contributed by atoms with Crippen LogP contribution in [0.15, 0.2) is 24.3 Å². The molecule has 90 valence electrons. The molecule has 1 aromatic carbocycles. The summed E-state index contributed by atoms with van der Waals surface area (Å²) in [6.07, 6.45) is 1.20. The first-order chi connectivity index (χ1) is 7.65. The highest BCUT2D eigenvalue weighted by Crippen LogP contribution is 2.18. The molecule has 0 saturated heterocycles. The van der Waals surface area contributed by atoms with E-state index < -0.39 is 0 Å². The second-order valence-electron chi connectivity index (χ2n) is 4.52. The number of benzene rings is 1. The Morgan fingerprint density at radius 1 is 1.25 bits per heavy atom. The third-order valence-corrected chi connectivity index (χ3v) is 3.16. The van der Waals surface area contributed by atoms with Gasteiger partial charge in [-0.2, -0.15) is 0 Å². The normalized spacial score (nSPS) is 13.1. The van der Waals surface area contributed by atoms with Crippen molar-refractivity contribution in [3.8, 4) is 0 Å². The Hall–Kier alpha value is -0.860. The molecule has 0 amide bonds. The SMILES string of the molecule is CNCCCN(C)C(C)c1ccc(C)cc1. The molecule has 0 aliphatic carbocycles. The van der Waals surface area contributed by atoms with Crippen LogP contribution in [0.4, 0.5) is 0 Å². The standard InChI is InChI=1S/C14H24N2/c1-12-6-8-14(9-7-12)13(2)16(4)11-5-10-15-3/h6-9,13,15H,5,10-11H2,1-4H3. The number of nitrogens with one attached hydrogen (secondary N) is 1. The van der Waals surface area contributed by atoms with Gasteiger partial charge in [0.1, 0.15) is 0 Å². The van der Waals surface area contributed by atoms with Gasteiger partial charge in [0, 0.05) is 6.04 Å². The third kappa shape index (κ3) is 3.95. The van der Waals surface area contributed by atoms with Gasteiger partial charge in [0.25, 0.3) is 0 Å². The van der Waals surface area contributed by atoms with Gasteiger partial charge in [0.2, 0.25) is 0 Å². The lowest BCUT2D eigenvalue weighted by molar-refractivity contribution is 0.258. The van der Waals surface area contributed by atoms with Gasteiger partial charge in [-0.3, -0.25) is 4.90 Å². The van der Waals surface area contributed by atoms with Gasteiger partial charge >= 0.3 is 0 Å². The maximum absolute atomic E-state index is 3.18. The Labute approximate surface area is 99.7 Å². The average molecular weight is 220 g/mol. The van der Waals surface area contributed by atoms with Crippen molar-refractivity contribution in [2.24, 2.45) is 0 Å². The van der Waals surface area contributed by atoms with Crippen LogP contribution in [0.2, 0.25) is 0 Å². The zero-order chi connectivity index (χ0) is 12.0. The van der Waals surface area contributed by atoms with E-state index in [9.17, 15) is 0 Å². The molecule has 0 radical (unpaired) electrons. The minimum Gasteiger partial charge on any atom is -0.320 e. The summed E-state index contributed by atoms with van der Waals surface area (Å²) in [5, 5.41) is 3.18. The van der Waals surface area contributed by atoms with Gasteiger partial charge < -0.3 is 5.32 Å². The molecule has 1 rings (SSSR count). The van der Waals surface area contributed by atoms with Crippen molar-refractivity contribution in [1.29, 1.82) is 0 Å². The summed E-state index contributed by atoms with van der Waals surface area (Å²) in [6.45, 7) is 6.62. The van der Waals surface area contributed by atoms with Gasteiger partial charge in [-0.25, -0.2) is 0 Å². The Morgan fingerprint density at radius 2 is 1.88 bits per heavy atom. The molecule has 0 aliphatic heterocycles. The predicted octanol–water partition coefficient (Wildman–Crippen LogP) is 2.60. The molecule has 0 spiro atoms. The summed E-state index contributed by atoms with van der Waals surface area (Å²) < 4.78 is 0. The summed E-state index contributed by atoms with van der Waals surface area (Å²) in [7, 11) is 4.20. The molecule has 0 bridgehead atoms. The molecule has 0 aromatic heterocycles. The Kier molecular flexibility index (Phi) is 5.50. The van der Waals surface area contributed by atoms with Crippen LogP contribution in [-0.2, 0) is 0 Å². The topological polar surface area (TPSA) is 15.3 Å². The summed E-state index contributed by atoms with van der Waals surface area (Å²) >= 11 is 0. The molecule has 1 unspecified atom stereocenters. The Bertz CT molecular complexity index is 292. The fourth-order valence-electron chi connectivity index (χ4n) is 1.80. The first kappa shape index (κ1) is 13.2. The maximum atomic E-state index is 3.18. The van der Waals surface area contributed by atoms with Crippen LogP contribution in [0.1, 0.15) is 30.5 Å². The van der Waals surface area contributed by atoms with E-state index in [1.165, 1.54) is 17.5 Å². The van der Waals surface area contributed by atoms with E-state index in [2.05, 4.69) is 55.4 Å². The molecule has 2 heteroatoms. The predicted molar refractivity (Wildman–Crippen MR) is 70.8 cm³/mol. The summed E-state index contributed by atoms with van der Waals surface area (Å²) in [6, 6.07) is 9.33. The summed E-state index contributed by atoms with van der Waals surface area (Å²) in [5.41, 5.74) is 2.73. The first-order valence-corrected chi connectivity index (χ1v) is 6.06. The molecular weight excluding hydrogens is 196 g/mol. The average Bonchev–Trinajstić information content (AvgIpc) is 2.29. The maximum Gasteiger partial charge on any atom is 0.0316 e. The molecule has 2 nitrogen and oxygen atoms in total. The van der Waals surface area contributed by atoms with Crippen LogP contribution in [0.3, 0.4) is 0 Å². The van der Waals surface area contributed by atoms with Crippen molar-refractivity contribution in [2.75, 3.05) is 27.2 Å². The lowest BCUT2D eigenvalue weighted by Gasteiger charge is -2.25. The van der Waals surface area contributed by atoms with Crippen LogP contribution in [0.5, 0.6) is 0 Å². The van der Waals surface area contributed by atoms with Gasteiger partial charge in [-0.1, -0.05) is 29.8 Å². The Balaban J connectivity index is 2.49. The van der Waals surface area contributed by atoms with E-state index in [0.29, 0.717) is 6.04 Å². The number of hydrogen-bond acceptors (Lipinski definition) is 2. The minimum atomic E-state index is 0.498. The molecular formula is C14H24N2. The van der Waals surface area contributed by atoms with Crippen LogP contribution in [-0.4, -0.2) is 32.1 Å². The lowest BCUT2D eigenvalue weighted by atomic mass is 10.1. The van der Waals surface area contributed by atoms with Crippen molar-refractivity contribution < 1.29 is 0 Å². The van der Waals surface area contributed by atoms with E-state index in [1.54, 1.807) is 0 Å². The van der Waals surface area contributed by atoms with Gasteiger partial charge in [0.15, 0.2) is 0 Å². The third-order valence-electron chi connectivity index (χ3n) is 3.16. The van der Waals surface area contributed by atoms with E-state index >= 15 is 0 Å². The minimum absolute atomic E-state index is 0.498. The molecule has 1 atom stereocenters. The number of aryl methyl sites for hydroxylation is 1. The number of rotatable bonds is 6. The lowest BCUT2D eigenvalue weighted by Crippen LogP contribution is -2.25. The fraction of sp³-hybridized carbons (Fsp3) is 0.571.